The summed E-state index contributed by atoms with van der Waals surface area (Å²) < 4.78 is 8.61. The van der Waals surface area contributed by atoms with Gasteiger partial charge in [-0.3, -0.25) is 14.0 Å². The number of carbonyl (C=O) groups excluding carboxylic acids is 1. The minimum atomic E-state index is -0.604. The van der Waals surface area contributed by atoms with Gasteiger partial charge in [0.1, 0.15) is 6.04 Å². The molecule has 1 aliphatic heterocycles. The zero-order chi connectivity index (χ0) is 17.4. The lowest BCUT2D eigenvalue weighted by molar-refractivity contribution is -0.136. The van der Waals surface area contributed by atoms with Crippen molar-refractivity contribution in [3.63, 3.8) is 0 Å². The molecule has 0 radical (unpaired) electrons. The summed E-state index contributed by atoms with van der Waals surface area (Å²) in [5.41, 5.74) is 1.15. The fraction of sp³-hybridized carbons (Fsp3) is 0.389. The number of rotatable bonds is 3. The molecule has 2 atom stereocenters. The molecule has 3 aromatic rings. The number of aromatic nitrogens is 3. The van der Waals surface area contributed by atoms with Gasteiger partial charge >= 0.3 is 5.76 Å². The van der Waals surface area contributed by atoms with E-state index in [1.165, 1.54) is 4.57 Å². The molecule has 0 bridgehead atoms. The Morgan fingerprint density at radius 1 is 1.32 bits per heavy atom. The van der Waals surface area contributed by atoms with Crippen molar-refractivity contribution in [1.82, 2.24) is 19.2 Å². The van der Waals surface area contributed by atoms with Crippen molar-refractivity contribution in [3.8, 4) is 0 Å². The molecule has 2 aromatic heterocycles. The molecule has 7 nitrogen and oxygen atoms in total. The predicted molar refractivity (Wildman–Crippen MR) is 92.3 cm³/mol. The highest BCUT2D eigenvalue weighted by molar-refractivity contribution is 5.83. The molecule has 25 heavy (non-hydrogen) atoms. The first-order chi connectivity index (χ1) is 12.1. The van der Waals surface area contributed by atoms with Crippen LogP contribution in [-0.2, 0) is 4.79 Å². The number of para-hydroxylation sites is 2. The second kappa shape index (κ2) is 6.23. The van der Waals surface area contributed by atoms with Crippen molar-refractivity contribution in [3.05, 3.63) is 53.3 Å². The zero-order valence-electron chi connectivity index (χ0n) is 14.0. The Morgan fingerprint density at radius 3 is 2.96 bits per heavy atom. The molecule has 0 unspecified atom stereocenters. The normalized spacial score (nSPS) is 19.2. The third kappa shape index (κ3) is 2.75. The fourth-order valence-electron chi connectivity index (χ4n) is 3.59. The van der Waals surface area contributed by atoms with Crippen LogP contribution in [0.2, 0.25) is 0 Å². The summed E-state index contributed by atoms with van der Waals surface area (Å²) in [6.45, 7) is 3.06. The molecule has 1 amide bonds. The maximum atomic E-state index is 13.0. The smallest absolute Gasteiger partial charge is 0.408 e. The minimum absolute atomic E-state index is 0.0643. The molecule has 1 fully saturated rings. The number of amides is 1. The summed E-state index contributed by atoms with van der Waals surface area (Å²) in [5.74, 6) is -0.562. The SMILES string of the molecule is C[C@@H](C(=O)N1CCC[C@@H](n2cccn2)C1)n1c(=O)oc2ccccc21. The Morgan fingerprint density at radius 2 is 2.16 bits per heavy atom. The first kappa shape index (κ1) is 15.7. The molecular weight excluding hydrogens is 320 g/mol. The molecule has 0 N–H and O–H groups in total. The van der Waals surface area contributed by atoms with Gasteiger partial charge in [0.25, 0.3) is 0 Å². The molecule has 0 spiro atoms. The highest BCUT2D eigenvalue weighted by atomic mass is 16.4. The van der Waals surface area contributed by atoms with Crippen LogP contribution in [0.5, 0.6) is 0 Å². The molecule has 1 aromatic carbocycles. The number of hydrogen-bond donors (Lipinski definition) is 0. The van der Waals surface area contributed by atoms with Crippen molar-refractivity contribution in [2.24, 2.45) is 0 Å². The van der Waals surface area contributed by atoms with Crippen molar-refractivity contribution in [2.45, 2.75) is 31.8 Å². The average Bonchev–Trinajstić information content (AvgIpc) is 3.27. The molecule has 130 valence electrons. The van der Waals surface area contributed by atoms with E-state index in [4.69, 9.17) is 4.42 Å². The van der Waals surface area contributed by atoms with Crippen molar-refractivity contribution in [2.75, 3.05) is 13.1 Å². The second-order valence-corrected chi connectivity index (χ2v) is 6.45. The second-order valence-electron chi connectivity index (χ2n) is 6.45. The Balaban J connectivity index is 1.59. The van der Waals surface area contributed by atoms with E-state index in [2.05, 4.69) is 5.10 Å². The van der Waals surface area contributed by atoms with Crippen LogP contribution in [-0.4, -0.2) is 38.2 Å². The van der Waals surface area contributed by atoms with Gasteiger partial charge in [0.2, 0.25) is 5.91 Å². The molecule has 1 saturated heterocycles. The fourth-order valence-corrected chi connectivity index (χ4v) is 3.59. The van der Waals surface area contributed by atoms with Crippen LogP contribution in [0.3, 0.4) is 0 Å². The first-order valence-electron chi connectivity index (χ1n) is 8.53. The number of benzene rings is 1. The third-order valence-electron chi connectivity index (χ3n) is 4.87. The average molecular weight is 340 g/mol. The van der Waals surface area contributed by atoms with Crippen LogP contribution in [0.25, 0.3) is 11.1 Å². The lowest BCUT2D eigenvalue weighted by Crippen LogP contribution is -2.44. The largest absolute Gasteiger partial charge is 0.420 e. The van der Waals surface area contributed by atoms with Crippen LogP contribution in [0, 0.1) is 0 Å². The van der Waals surface area contributed by atoms with Crippen LogP contribution < -0.4 is 5.76 Å². The van der Waals surface area contributed by atoms with E-state index in [1.807, 2.05) is 27.9 Å². The van der Waals surface area contributed by atoms with E-state index in [9.17, 15) is 9.59 Å². The van der Waals surface area contributed by atoms with E-state index in [1.54, 1.807) is 31.3 Å². The van der Waals surface area contributed by atoms with E-state index in [-0.39, 0.29) is 11.9 Å². The highest BCUT2D eigenvalue weighted by Gasteiger charge is 2.30. The van der Waals surface area contributed by atoms with Crippen LogP contribution in [0.1, 0.15) is 31.8 Å². The maximum Gasteiger partial charge on any atom is 0.420 e. The minimum Gasteiger partial charge on any atom is -0.408 e. The standard InChI is InChI=1S/C18H20N4O3/c1-13(22-15-7-2-3-8-16(15)25-18(22)24)17(23)20-10-4-6-14(12-20)21-11-5-9-19-21/h2-3,5,7-9,11,13-14H,4,6,10,12H2,1H3/t13-,14+/m0/s1. The monoisotopic (exact) mass is 340 g/mol. The van der Waals surface area contributed by atoms with E-state index < -0.39 is 11.8 Å². The zero-order valence-corrected chi connectivity index (χ0v) is 14.0. The topological polar surface area (TPSA) is 73.3 Å². The van der Waals surface area contributed by atoms with Gasteiger partial charge in [-0.15, -0.1) is 0 Å². The quantitative estimate of drug-likeness (QED) is 0.733. The summed E-state index contributed by atoms with van der Waals surface area (Å²) in [6, 6.07) is 8.64. The molecule has 1 aliphatic rings. The summed E-state index contributed by atoms with van der Waals surface area (Å²) in [4.78, 5) is 27.1. The lowest BCUT2D eigenvalue weighted by Gasteiger charge is -2.34. The molecule has 0 saturated carbocycles. The first-order valence-corrected chi connectivity index (χ1v) is 8.53. The van der Waals surface area contributed by atoms with Gasteiger partial charge in [-0.2, -0.15) is 5.10 Å². The summed E-state index contributed by atoms with van der Waals surface area (Å²) in [7, 11) is 0. The molecule has 3 heterocycles. The summed E-state index contributed by atoms with van der Waals surface area (Å²) in [6.07, 6.45) is 5.59. The number of oxazole rings is 1. The van der Waals surface area contributed by atoms with Gasteiger partial charge in [-0.25, -0.2) is 4.79 Å². The van der Waals surface area contributed by atoms with Crippen LogP contribution in [0.15, 0.2) is 51.9 Å². The molecule has 0 aliphatic carbocycles. The Bertz CT molecular complexity index is 941. The Kier molecular flexibility index (Phi) is 3.91. The van der Waals surface area contributed by atoms with E-state index >= 15 is 0 Å². The Hall–Kier alpha value is -2.83. The maximum absolute atomic E-state index is 13.0. The molecule has 4 rings (SSSR count). The van der Waals surface area contributed by atoms with Gasteiger partial charge in [-0.05, 0) is 38.0 Å². The number of hydrogen-bond acceptors (Lipinski definition) is 4. The highest BCUT2D eigenvalue weighted by Crippen LogP contribution is 2.24. The van der Waals surface area contributed by atoms with Crippen LogP contribution in [0.4, 0.5) is 0 Å². The number of fused-ring (bicyclic) bond motifs is 1. The molecular formula is C18H20N4O3. The van der Waals surface area contributed by atoms with Gasteiger partial charge in [0.15, 0.2) is 5.58 Å². The summed E-state index contributed by atoms with van der Waals surface area (Å²) >= 11 is 0. The number of likely N-dealkylation sites (tertiary alicyclic amines) is 1. The lowest BCUT2D eigenvalue weighted by atomic mass is 10.0. The van der Waals surface area contributed by atoms with Gasteiger partial charge < -0.3 is 9.32 Å². The molecule has 7 heteroatoms. The van der Waals surface area contributed by atoms with E-state index in [0.717, 1.165) is 12.8 Å². The van der Waals surface area contributed by atoms with Crippen LogP contribution >= 0.6 is 0 Å². The third-order valence-corrected chi connectivity index (χ3v) is 4.87. The van der Waals surface area contributed by atoms with Gasteiger partial charge in [0, 0.05) is 25.5 Å². The number of nitrogens with zero attached hydrogens (tertiary/aromatic N) is 4. The number of carbonyl (C=O) groups is 1. The number of piperidine rings is 1. The van der Waals surface area contributed by atoms with E-state index in [0.29, 0.717) is 24.2 Å². The Labute approximate surface area is 144 Å². The van der Waals surface area contributed by atoms with Gasteiger partial charge in [-0.1, -0.05) is 12.1 Å². The van der Waals surface area contributed by atoms with Crippen molar-refractivity contribution >= 4 is 17.0 Å². The van der Waals surface area contributed by atoms with Crippen molar-refractivity contribution in [1.29, 1.82) is 0 Å². The predicted octanol–water partition coefficient (Wildman–Crippen LogP) is 2.22. The summed E-state index contributed by atoms with van der Waals surface area (Å²) in [5, 5.41) is 4.29. The van der Waals surface area contributed by atoms with Gasteiger partial charge in [0.05, 0.1) is 11.6 Å². The van der Waals surface area contributed by atoms with Crippen molar-refractivity contribution < 1.29 is 9.21 Å².